The number of carbonyl (C=O) groups is 3. The summed E-state index contributed by atoms with van der Waals surface area (Å²) in [6, 6.07) is 6.84. The first kappa shape index (κ1) is 13.0. The molecule has 0 aromatic heterocycles. The van der Waals surface area contributed by atoms with Gasteiger partial charge in [0.15, 0.2) is 0 Å². The number of ether oxygens (including phenoxy) is 1. The van der Waals surface area contributed by atoms with Crippen LogP contribution in [0, 0.1) is 0 Å². The molecule has 0 aliphatic carbocycles. The van der Waals surface area contributed by atoms with Crippen molar-refractivity contribution in [2.45, 2.75) is 19.8 Å². The van der Waals surface area contributed by atoms with E-state index in [1.165, 1.54) is 13.0 Å². The highest BCUT2D eigenvalue weighted by molar-refractivity contribution is 6.16. The second-order valence-electron chi connectivity index (χ2n) is 4.30. The third-order valence-corrected chi connectivity index (χ3v) is 2.89. The Bertz CT molecular complexity index is 572. The minimum atomic E-state index is -0.386. The molecular formula is C14H13NO4. The first-order valence-electron chi connectivity index (χ1n) is 5.82. The van der Waals surface area contributed by atoms with Gasteiger partial charge in [0.2, 0.25) is 0 Å². The van der Waals surface area contributed by atoms with Crippen LogP contribution in [0.5, 0.6) is 5.75 Å². The molecule has 98 valence electrons. The SMILES string of the molecule is CC(=O)Oc1ccc(C(C)C2=CC(=O)NC2=O)cc1. The van der Waals surface area contributed by atoms with E-state index in [1.54, 1.807) is 24.3 Å². The maximum absolute atomic E-state index is 11.5. The first-order chi connectivity index (χ1) is 8.97. The molecule has 0 saturated carbocycles. The summed E-state index contributed by atoms with van der Waals surface area (Å²) < 4.78 is 4.93. The highest BCUT2D eigenvalue weighted by atomic mass is 16.5. The van der Waals surface area contributed by atoms with Crippen molar-refractivity contribution >= 4 is 17.8 Å². The van der Waals surface area contributed by atoms with Crippen molar-refractivity contribution in [2.24, 2.45) is 0 Å². The number of hydrogen-bond acceptors (Lipinski definition) is 4. The van der Waals surface area contributed by atoms with Gasteiger partial charge in [-0.25, -0.2) is 0 Å². The van der Waals surface area contributed by atoms with Gasteiger partial charge in [0.05, 0.1) is 0 Å². The molecule has 19 heavy (non-hydrogen) atoms. The molecule has 1 aromatic carbocycles. The van der Waals surface area contributed by atoms with Gasteiger partial charge in [-0.15, -0.1) is 0 Å². The number of imide groups is 1. The van der Waals surface area contributed by atoms with E-state index in [0.29, 0.717) is 11.3 Å². The van der Waals surface area contributed by atoms with Crippen LogP contribution in [-0.4, -0.2) is 17.8 Å². The maximum atomic E-state index is 11.5. The van der Waals surface area contributed by atoms with Gasteiger partial charge in [0.25, 0.3) is 11.8 Å². The quantitative estimate of drug-likeness (QED) is 0.504. The fraction of sp³-hybridized carbons (Fsp3) is 0.214. The lowest BCUT2D eigenvalue weighted by Gasteiger charge is -2.12. The van der Waals surface area contributed by atoms with Crippen molar-refractivity contribution in [3.05, 3.63) is 41.5 Å². The van der Waals surface area contributed by atoms with Crippen molar-refractivity contribution < 1.29 is 19.1 Å². The minimum Gasteiger partial charge on any atom is -0.427 e. The summed E-state index contributed by atoms with van der Waals surface area (Å²) in [5, 5.41) is 2.22. The Kier molecular flexibility index (Phi) is 3.46. The average Bonchev–Trinajstić information content (AvgIpc) is 2.68. The van der Waals surface area contributed by atoms with Crippen LogP contribution >= 0.6 is 0 Å². The van der Waals surface area contributed by atoms with Gasteiger partial charge < -0.3 is 4.74 Å². The summed E-state index contributed by atoms with van der Waals surface area (Å²) >= 11 is 0. The number of rotatable bonds is 3. The lowest BCUT2D eigenvalue weighted by molar-refractivity contribution is -0.132. The predicted molar refractivity (Wildman–Crippen MR) is 67.4 cm³/mol. The van der Waals surface area contributed by atoms with Crippen LogP contribution < -0.4 is 10.1 Å². The Labute approximate surface area is 110 Å². The van der Waals surface area contributed by atoms with Crippen LogP contribution in [0.3, 0.4) is 0 Å². The van der Waals surface area contributed by atoms with Crippen LogP contribution in [0.25, 0.3) is 0 Å². The van der Waals surface area contributed by atoms with Crippen molar-refractivity contribution in [2.75, 3.05) is 0 Å². The Morgan fingerprint density at radius 2 is 1.84 bits per heavy atom. The number of carbonyl (C=O) groups excluding carboxylic acids is 3. The Hall–Kier alpha value is -2.43. The molecule has 1 aliphatic rings. The smallest absolute Gasteiger partial charge is 0.308 e. The molecular weight excluding hydrogens is 246 g/mol. The zero-order chi connectivity index (χ0) is 14.0. The van der Waals surface area contributed by atoms with Crippen molar-refractivity contribution in [1.82, 2.24) is 5.32 Å². The molecule has 1 unspecified atom stereocenters. The molecule has 0 saturated heterocycles. The second kappa shape index (κ2) is 5.06. The molecule has 2 amide bonds. The summed E-state index contributed by atoms with van der Waals surface area (Å²) in [5.74, 6) is -0.878. The zero-order valence-electron chi connectivity index (χ0n) is 10.6. The molecule has 0 radical (unpaired) electrons. The van der Waals surface area contributed by atoms with Crippen LogP contribution in [0.1, 0.15) is 25.3 Å². The van der Waals surface area contributed by atoms with Gasteiger partial charge in [0.1, 0.15) is 5.75 Å². The van der Waals surface area contributed by atoms with E-state index in [1.807, 2.05) is 6.92 Å². The largest absolute Gasteiger partial charge is 0.427 e. The number of benzene rings is 1. The summed E-state index contributed by atoms with van der Waals surface area (Å²) in [7, 11) is 0. The van der Waals surface area contributed by atoms with Crippen LogP contribution in [-0.2, 0) is 14.4 Å². The number of hydrogen-bond donors (Lipinski definition) is 1. The number of nitrogens with one attached hydrogen (secondary N) is 1. The van der Waals surface area contributed by atoms with Gasteiger partial charge in [-0.3, -0.25) is 19.7 Å². The lowest BCUT2D eigenvalue weighted by atomic mass is 9.93. The summed E-state index contributed by atoms with van der Waals surface area (Å²) in [6.45, 7) is 3.17. The molecule has 5 heteroatoms. The standard InChI is InChI=1S/C14H13NO4/c1-8(12-7-13(17)15-14(12)18)10-3-5-11(6-4-10)19-9(2)16/h3-8H,1-2H3,(H,15,17,18). The van der Waals surface area contributed by atoms with Gasteiger partial charge in [-0.1, -0.05) is 19.1 Å². The fourth-order valence-electron chi connectivity index (χ4n) is 1.92. The average molecular weight is 259 g/mol. The number of esters is 1. The van der Waals surface area contributed by atoms with E-state index in [-0.39, 0.29) is 23.7 Å². The van der Waals surface area contributed by atoms with Crippen LogP contribution in [0.15, 0.2) is 35.9 Å². The molecule has 1 heterocycles. The molecule has 0 fully saturated rings. The van der Waals surface area contributed by atoms with E-state index in [2.05, 4.69) is 5.32 Å². The summed E-state index contributed by atoms with van der Waals surface area (Å²) in [5.41, 5.74) is 1.30. The Morgan fingerprint density at radius 1 is 1.21 bits per heavy atom. The molecule has 0 spiro atoms. The highest BCUT2D eigenvalue weighted by Crippen LogP contribution is 2.27. The second-order valence-corrected chi connectivity index (χ2v) is 4.30. The van der Waals surface area contributed by atoms with Crippen molar-refractivity contribution in [1.29, 1.82) is 0 Å². The monoisotopic (exact) mass is 259 g/mol. The first-order valence-corrected chi connectivity index (χ1v) is 5.82. The van der Waals surface area contributed by atoms with E-state index in [4.69, 9.17) is 4.74 Å². The maximum Gasteiger partial charge on any atom is 0.308 e. The summed E-state index contributed by atoms with van der Waals surface area (Å²) in [4.78, 5) is 33.4. The Morgan fingerprint density at radius 3 is 2.32 bits per heavy atom. The van der Waals surface area contributed by atoms with Crippen LogP contribution in [0.4, 0.5) is 0 Å². The van der Waals surface area contributed by atoms with E-state index in [0.717, 1.165) is 5.56 Å². The molecule has 1 aliphatic heterocycles. The van der Waals surface area contributed by atoms with Crippen molar-refractivity contribution in [3.8, 4) is 5.75 Å². The van der Waals surface area contributed by atoms with E-state index >= 15 is 0 Å². The van der Waals surface area contributed by atoms with E-state index < -0.39 is 0 Å². The van der Waals surface area contributed by atoms with Crippen LogP contribution in [0.2, 0.25) is 0 Å². The van der Waals surface area contributed by atoms with E-state index in [9.17, 15) is 14.4 Å². The molecule has 2 rings (SSSR count). The van der Waals surface area contributed by atoms with Gasteiger partial charge in [0, 0.05) is 24.5 Å². The lowest BCUT2D eigenvalue weighted by Crippen LogP contribution is -2.23. The molecule has 1 N–H and O–H groups in total. The third-order valence-electron chi connectivity index (χ3n) is 2.89. The molecule has 1 atom stereocenters. The van der Waals surface area contributed by atoms with Gasteiger partial charge in [-0.2, -0.15) is 0 Å². The fourth-order valence-corrected chi connectivity index (χ4v) is 1.92. The Balaban J connectivity index is 2.18. The zero-order valence-corrected chi connectivity index (χ0v) is 10.6. The third kappa shape index (κ3) is 2.88. The van der Waals surface area contributed by atoms with Crippen molar-refractivity contribution in [3.63, 3.8) is 0 Å². The van der Waals surface area contributed by atoms with Gasteiger partial charge in [-0.05, 0) is 17.7 Å². The topological polar surface area (TPSA) is 72.5 Å². The minimum absolute atomic E-state index is 0.196. The molecule has 1 aromatic rings. The van der Waals surface area contributed by atoms with Gasteiger partial charge >= 0.3 is 5.97 Å². The normalized spacial score (nSPS) is 15.8. The molecule has 0 bridgehead atoms. The predicted octanol–water partition coefficient (Wildman–Crippen LogP) is 1.30. The molecule has 5 nitrogen and oxygen atoms in total. The highest BCUT2D eigenvalue weighted by Gasteiger charge is 2.26. The number of amides is 2. The summed E-state index contributed by atoms with van der Waals surface area (Å²) in [6.07, 6.45) is 1.31.